The van der Waals surface area contributed by atoms with Crippen LogP contribution in [0.3, 0.4) is 0 Å². The van der Waals surface area contributed by atoms with E-state index in [1.807, 2.05) is 0 Å². The summed E-state index contributed by atoms with van der Waals surface area (Å²) in [4.78, 5) is 13.4. The number of halogens is 3. The number of fused-ring (bicyclic) bond motifs is 1. The van der Waals surface area contributed by atoms with Gasteiger partial charge in [-0.3, -0.25) is 4.79 Å². The molecule has 4 nitrogen and oxygen atoms in total. The van der Waals surface area contributed by atoms with Gasteiger partial charge in [0.05, 0.1) is 22.2 Å². The van der Waals surface area contributed by atoms with E-state index >= 15 is 0 Å². The Morgan fingerprint density at radius 2 is 2.17 bits per heavy atom. The second-order valence-electron chi connectivity index (χ2n) is 6.27. The Morgan fingerprint density at radius 3 is 2.74 bits per heavy atom. The fraction of sp³-hybridized carbons (Fsp3) is 0.500. The van der Waals surface area contributed by atoms with Crippen LogP contribution in [-0.2, 0) is 11.0 Å². The first-order valence-electron chi connectivity index (χ1n) is 7.37. The number of carboxylic acid groups (broad SMARTS) is 1. The zero-order chi connectivity index (χ0) is 16.8. The first kappa shape index (κ1) is 15.7. The van der Waals surface area contributed by atoms with Crippen LogP contribution in [0.2, 0.25) is 0 Å². The first-order valence-corrected chi connectivity index (χ1v) is 7.37. The van der Waals surface area contributed by atoms with Crippen LogP contribution in [0.5, 0.6) is 0 Å². The van der Waals surface area contributed by atoms with E-state index in [2.05, 4.69) is 0 Å². The predicted octanol–water partition coefficient (Wildman–Crippen LogP) is 3.27. The normalized spacial score (nSPS) is 26.9. The van der Waals surface area contributed by atoms with Crippen molar-refractivity contribution in [2.24, 2.45) is 11.3 Å². The van der Waals surface area contributed by atoms with Crippen molar-refractivity contribution in [1.29, 1.82) is 5.26 Å². The van der Waals surface area contributed by atoms with Crippen LogP contribution < -0.4 is 4.90 Å². The molecule has 0 unspecified atom stereocenters. The van der Waals surface area contributed by atoms with Crippen molar-refractivity contribution in [3.05, 3.63) is 29.3 Å². The predicted molar refractivity (Wildman–Crippen MR) is 75.8 cm³/mol. The molecule has 2 aliphatic rings. The monoisotopic (exact) mass is 324 g/mol. The number of nitriles is 1. The van der Waals surface area contributed by atoms with Crippen LogP contribution in [0.1, 0.15) is 30.4 Å². The molecule has 1 aromatic rings. The van der Waals surface area contributed by atoms with E-state index in [0.717, 1.165) is 25.0 Å². The average molecular weight is 324 g/mol. The Hall–Kier alpha value is -2.23. The van der Waals surface area contributed by atoms with Crippen LogP contribution >= 0.6 is 0 Å². The number of rotatable bonds is 2. The summed E-state index contributed by atoms with van der Waals surface area (Å²) in [7, 11) is 0. The van der Waals surface area contributed by atoms with Gasteiger partial charge in [-0.25, -0.2) is 0 Å². The van der Waals surface area contributed by atoms with Gasteiger partial charge in [0.2, 0.25) is 0 Å². The Morgan fingerprint density at radius 1 is 1.43 bits per heavy atom. The van der Waals surface area contributed by atoms with E-state index in [1.165, 1.54) is 6.07 Å². The lowest BCUT2D eigenvalue weighted by atomic mass is 9.81. The van der Waals surface area contributed by atoms with Gasteiger partial charge in [-0.2, -0.15) is 18.4 Å². The van der Waals surface area contributed by atoms with Crippen molar-refractivity contribution in [3.63, 3.8) is 0 Å². The Labute approximate surface area is 131 Å². The summed E-state index contributed by atoms with van der Waals surface area (Å²) in [6.07, 6.45) is -2.28. The van der Waals surface area contributed by atoms with E-state index < -0.39 is 23.1 Å². The van der Waals surface area contributed by atoms with Crippen LogP contribution in [-0.4, -0.2) is 24.2 Å². The molecule has 0 aromatic heterocycles. The second-order valence-corrected chi connectivity index (χ2v) is 6.27. The average Bonchev–Trinajstić information content (AvgIpc) is 3.03. The molecule has 1 heterocycles. The highest BCUT2D eigenvalue weighted by Gasteiger charge is 2.55. The largest absolute Gasteiger partial charge is 0.481 e. The lowest BCUT2D eigenvalue weighted by molar-refractivity contribution is -0.149. The molecule has 1 aliphatic heterocycles. The SMILES string of the molecule is N#Cc1cc(C(F)(F)F)ccc1N1C[C@@H]2CCC[C@@]2(C(=O)O)C1. The lowest BCUT2D eigenvalue weighted by Gasteiger charge is -2.25. The second kappa shape index (κ2) is 5.15. The number of hydrogen-bond acceptors (Lipinski definition) is 3. The Balaban J connectivity index is 1.95. The smallest absolute Gasteiger partial charge is 0.416 e. The van der Waals surface area contributed by atoms with Crippen LogP contribution in [0.4, 0.5) is 18.9 Å². The summed E-state index contributed by atoms with van der Waals surface area (Å²) in [5.74, 6) is -0.873. The van der Waals surface area contributed by atoms with E-state index in [9.17, 15) is 28.3 Å². The van der Waals surface area contributed by atoms with Gasteiger partial charge in [0.25, 0.3) is 0 Å². The van der Waals surface area contributed by atoms with Crippen LogP contribution in [0.25, 0.3) is 0 Å². The minimum absolute atomic E-state index is 0.0196. The molecule has 1 aromatic carbocycles. The lowest BCUT2D eigenvalue weighted by Crippen LogP contribution is -2.35. The van der Waals surface area contributed by atoms with Crippen molar-refractivity contribution in [2.45, 2.75) is 25.4 Å². The highest BCUT2D eigenvalue weighted by atomic mass is 19.4. The number of aliphatic carboxylic acids is 1. The topological polar surface area (TPSA) is 64.3 Å². The third-order valence-electron chi connectivity index (χ3n) is 5.08. The highest BCUT2D eigenvalue weighted by Crippen LogP contribution is 2.50. The molecule has 0 spiro atoms. The van der Waals surface area contributed by atoms with Gasteiger partial charge >= 0.3 is 12.1 Å². The Bertz CT molecular complexity index is 696. The number of hydrogen-bond donors (Lipinski definition) is 1. The zero-order valence-electron chi connectivity index (χ0n) is 12.2. The third-order valence-corrected chi connectivity index (χ3v) is 5.08. The van der Waals surface area contributed by atoms with Gasteiger partial charge in [-0.15, -0.1) is 0 Å². The molecular formula is C16H15F3N2O2. The van der Waals surface area contributed by atoms with Crippen molar-refractivity contribution < 1.29 is 23.1 Å². The number of anilines is 1. The minimum atomic E-state index is -4.51. The minimum Gasteiger partial charge on any atom is -0.481 e. The summed E-state index contributed by atoms with van der Waals surface area (Å²) in [5.41, 5.74) is -1.39. The molecular weight excluding hydrogens is 309 g/mol. The number of benzene rings is 1. The molecule has 1 saturated heterocycles. The van der Waals surface area contributed by atoms with Crippen molar-refractivity contribution >= 4 is 11.7 Å². The first-order chi connectivity index (χ1) is 10.8. The molecule has 3 rings (SSSR count). The third kappa shape index (κ3) is 2.42. The van der Waals surface area contributed by atoms with Gasteiger partial charge < -0.3 is 10.0 Å². The molecule has 1 N–H and O–H groups in total. The molecule has 1 saturated carbocycles. The molecule has 23 heavy (non-hydrogen) atoms. The summed E-state index contributed by atoms with van der Waals surface area (Å²) in [5, 5.41) is 18.8. The molecule has 7 heteroatoms. The quantitative estimate of drug-likeness (QED) is 0.907. The van der Waals surface area contributed by atoms with Gasteiger partial charge in [-0.1, -0.05) is 6.42 Å². The van der Waals surface area contributed by atoms with Crippen LogP contribution in [0.15, 0.2) is 18.2 Å². The maximum Gasteiger partial charge on any atom is 0.416 e. The summed E-state index contributed by atoms with van der Waals surface area (Å²) < 4.78 is 38.3. The number of carbonyl (C=O) groups is 1. The van der Waals surface area contributed by atoms with Crippen molar-refractivity contribution in [2.75, 3.05) is 18.0 Å². The molecule has 1 aliphatic carbocycles. The summed E-state index contributed by atoms with van der Waals surface area (Å²) >= 11 is 0. The number of nitrogens with zero attached hydrogens (tertiary/aromatic N) is 2. The fourth-order valence-electron chi connectivity index (χ4n) is 3.90. The number of carboxylic acids is 1. The van der Waals surface area contributed by atoms with E-state index in [0.29, 0.717) is 18.7 Å². The summed E-state index contributed by atoms with van der Waals surface area (Å²) in [6, 6.07) is 4.85. The van der Waals surface area contributed by atoms with E-state index in [4.69, 9.17) is 0 Å². The fourth-order valence-corrected chi connectivity index (χ4v) is 3.90. The molecule has 0 amide bonds. The molecule has 0 radical (unpaired) electrons. The maximum atomic E-state index is 12.8. The van der Waals surface area contributed by atoms with E-state index in [-0.39, 0.29) is 18.0 Å². The van der Waals surface area contributed by atoms with Gasteiger partial charge in [-0.05, 0) is 37.0 Å². The van der Waals surface area contributed by atoms with E-state index in [1.54, 1.807) is 11.0 Å². The van der Waals surface area contributed by atoms with Gasteiger partial charge in [0.1, 0.15) is 6.07 Å². The highest BCUT2D eigenvalue weighted by molar-refractivity contribution is 5.78. The molecule has 2 atom stereocenters. The zero-order valence-corrected chi connectivity index (χ0v) is 12.2. The molecule has 0 bridgehead atoms. The van der Waals surface area contributed by atoms with Crippen molar-refractivity contribution in [1.82, 2.24) is 0 Å². The van der Waals surface area contributed by atoms with Gasteiger partial charge in [0, 0.05) is 13.1 Å². The molecule has 122 valence electrons. The standard InChI is InChI=1S/C16H15F3N2O2/c17-16(18,19)11-3-4-13(10(6-11)7-20)21-8-12-2-1-5-15(12,9-21)14(22)23/h3-4,6,12H,1-2,5,8-9H2,(H,22,23)/t12-,15+/m0/s1. The molecule has 2 fully saturated rings. The Kier molecular flexibility index (Phi) is 3.51. The summed E-state index contributed by atoms with van der Waals surface area (Å²) in [6.45, 7) is 0.708. The van der Waals surface area contributed by atoms with Crippen LogP contribution in [0, 0.1) is 22.7 Å². The maximum absolute atomic E-state index is 12.8. The van der Waals surface area contributed by atoms with Gasteiger partial charge in [0.15, 0.2) is 0 Å². The number of alkyl halides is 3. The van der Waals surface area contributed by atoms with Crippen molar-refractivity contribution in [3.8, 4) is 6.07 Å².